The van der Waals surface area contributed by atoms with Crippen molar-refractivity contribution in [1.82, 2.24) is 5.32 Å². The molecule has 0 spiro atoms. The summed E-state index contributed by atoms with van der Waals surface area (Å²) in [5.74, 6) is 0.257. The topological polar surface area (TPSA) is 76.7 Å². The molecule has 1 amide bonds. The summed E-state index contributed by atoms with van der Waals surface area (Å²) < 4.78 is 10.5. The van der Waals surface area contributed by atoms with Crippen molar-refractivity contribution in [3.8, 4) is 5.75 Å². The molecule has 1 fully saturated rings. The molecular formula is C14H18N2O4. The number of methoxy groups -OCH3 is 1. The number of amides is 1. The zero-order valence-corrected chi connectivity index (χ0v) is 11.5. The number of rotatable bonds is 4. The lowest BCUT2D eigenvalue weighted by atomic mass is 10.2. The van der Waals surface area contributed by atoms with E-state index in [9.17, 15) is 9.59 Å². The first-order chi connectivity index (χ1) is 9.58. The summed E-state index contributed by atoms with van der Waals surface area (Å²) in [6, 6.07) is 6.85. The predicted octanol–water partition coefficient (Wildman–Crippen LogP) is 0.927. The lowest BCUT2D eigenvalue weighted by Gasteiger charge is -2.13. The molecule has 6 nitrogen and oxygen atoms in total. The second-order valence-corrected chi connectivity index (χ2v) is 4.67. The van der Waals surface area contributed by atoms with E-state index in [-0.39, 0.29) is 24.0 Å². The third-order valence-electron chi connectivity index (χ3n) is 3.03. The summed E-state index contributed by atoms with van der Waals surface area (Å²) in [4.78, 5) is 22.4. The van der Waals surface area contributed by atoms with Gasteiger partial charge in [-0.2, -0.15) is 0 Å². The van der Waals surface area contributed by atoms with Crippen molar-refractivity contribution in [1.29, 1.82) is 0 Å². The number of carbonyl (C=O) groups excluding carboxylic acids is 2. The van der Waals surface area contributed by atoms with E-state index >= 15 is 0 Å². The number of nitrogens with one attached hydrogen (secondary N) is 2. The van der Waals surface area contributed by atoms with Crippen LogP contribution < -0.4 is 15.4 Å². The lowest BCUT2D eigenvalue weighted by Crippen LogP contribution is -2.31. The van der Waals surface area contributed by atoms with Gasteiger partial charge in [-0.15, -0.1) is 0 Å². The maximum absolute atomic E-state index is 11.4. The maximum Gasteiger partial charge on any atom is 0.323 e. The highest BCUT2D eigenvalue weighted by Gasteiger charge is 2.31. The van der Waals surface area contributed by atoms with E-state index in [0.717, 1.165) is 0 Å². The lowest BCUT2D eigenvalue weighted by molar-refractivity contribution is -0.142. The molecule has 1 aromatic carbocycles. The van der Waals surface area contributed by atoms with Gasteiger partial charge in [-0.25, -0.2) is 0 Å². The summed E-state index contributed by atoms with van der Waals surface area (Å²) in [7, 11) is 1.37. The summed E-state index contributed by atoms with van der Waals surface area (Å²) in [5, 5.41) is 5.75. The van der Waals surface area contributed by atoms with Crippen LogP contribution in [0.15, 0.2) is 24.3 Å². The van der Waals surface area contributed by atoms with Gasteiger partial charge >= 0.3 is 5.97 Å². The highest BCUT2D eigenvalue weighted by atomic mass is 16.5. The Morgan fingerprint density at radius 1 is 1.40 bits per heavy atom. The molecule has 0 saturated carbocycles. The fourth-order valence-electron chi connectivity index (χ4n) is 2.16. The van der Waals surface area contributed by atoms with E-state index in [1.165, 1.54) is 14.0 Å². The Bertz CT molecular complexity index is 504. The summed E-state index contributed by atoms with van der Waals surface area (Å²) >= 11 is 0. The number of hydrogen-bond acceptors (Lipinski definition) is 5. The summed E-state index contributed by atoms with van der Waals surface area (Å²) in [6.07, 6.45) is 0.475. The number of carbonyl (C=O) groups is 2. The van der Waals surface area contributed by atoms with E-state index in [1.54, 1.807) is 18.2 Å². The Labute approximate surface area is 117 Å². The molecule has 0 aromatic heterocycles. The first-order valence-corrected chi connectivity index (χ1v) is 6.44. The molecule has 1 aliphatic rings. The number of ether oxygens (including phenoxy) is 2. The van der Waals surface area contributed by atoms with Gasteiger partial charge in [-0.1, -0.05) is 6.07 Å². The number of anilines is 1. The first-order valence-electron chi connectivity index (χ1n) is 6.44. The molecule has 2 atom stereocenters. The minimum Gasteiger partial charge on any atom is -0.489 e. The van der Waals surface area contributed by atoms with Gasteiger partial charge in [0.05, 0.1) is 7.11 Å². The maximum atomic E-state index is 11.4. The van der Waals surface area contributed by atoms with E-state index in [1.807, 2.05) is 6.07 Å². The van der Waals surface area contributed by atoms with Crippen LogP contribution in [0, 0.1) is 0 Å². The molecule has 0 aliphatic carbocycles. The van der Waals surface area contributed by atoms with Crippen molar-refractivity contribution < 1.29 is 19.1 Å². The van der Waals surface area contributed by atoms with Crippen molar-refractivity contribution in [2.45, 2.75) is 25.5 Å². The van der Waals surface area contributed by atoms with E-state index in [4.69, 9.17) is 9.47 Å². The monoisotopic (exact) mass is 278 g/mol. The van der Waals surface area contributed by atoms with Crippen LogP contribution in [0.4, 0.5) is 5.69 Å². The molecule has 1 heterocycles. The molecular weight excluding hydrogens is 260 g/mol. The summed E-state index contributed by atoms with van der Waals surface area (Å²) in [6.45, 7) is 2.04. The van der Waals surface area contributed by atoms with Crippen molar-refractivity contribution >= 4 is 17.6 Å². The molecule has 1 aromatic rings. The normalized spacial score (nSPS) is 21.3. The van der Waals surface area contributed by atoms with Gasteiger partial charge in [0.2, 0.25) is 5.91 Å². The second-order valence-electron chi connectivity index (χ2n) is 4.67. The molecule has 108 valence electrons. The highest BCUT2D eigenvalue weighted by molar-refractivity contribution is 5.88. The minimum absolute atomic E-state index is 0.0910. The average Bonchev–Trinajstić information content (AvgIpc) is 2.86. The third-order valence-corrected chi connectivity index (χ3v) is 3.03. The SMILES string of the molecule is COC(=O)C1CC(Oc2cccc(NC(C)=O)c2)CN1. The van der Waals surface area contributed by atoms with Gasteiger partial charge in [0.15, 0.2) is 0 Å². The summed E-state index contributed by atoms with van der Waals surface area (Å²) in [5.41, 5.74) is 0.686. The second kappa shape index (κ2) is 6.38. The Morgan fingerprint density at radius 2 is 2.20 bits per heavy atom. The zero-order valence-electron chi connectivity index (χ0n) is 11.5. The molecule has 2 N–H and O–H groups in total. The first kappa shape index (κ1) is 14.3. The van der Waals surface area contributed by atoms with E-state index in [0.29, 0.717) is 24.4 Å². The smallest absolute Gasteiger partial charge is 0.323 e. The van der Waals surface area contributed by atoms with Crippen LogP contribution >= 0.6 is 0 Å². The molecule has 2 rings (SSSR count). The fourth-order valence-corrected chi connectivity index (χ4v) is 2.16. The Balaban J connectivity index is 1.94. The van der Waals surface area contributed by atoms with Gasteiger partial charge in [0.25, 0.3) is 0 Å². The van der Waals surface area contributed by atoms with Crippen molar-refractivity contribution in [2.75, 3.05) is 19.0 Å². The average molecular weight is 278 g/mol. The fraction of sp³-hybridized carbons (Fsp3) is 0.429. The largest absolute Gasteiger partial charge is 0.489 e. The molecule has 1 saturated heterocycles. The van der Waals surface area contributed by atoms with Gasteiger partial charge < -0.3 is 20.1 Å². The number of benzene rings is 1. The third kappa shape index (κ3) is 3.71. The van der Waals surface area contributed by atoms with Crippen molar-refractivity contribution in [3.63, 3.8) is 0 Å². The molecule has 0 radical (unpaired) electrons. The van der Waals surface area contributed by atoms with Gasteiger partial charge in [-0.05, 0) is 12.1 Å². The standard InChI is InChI=1S/C14H18N2O4/c1-9(17)16-10-4-3-5-11(6-10)20-12-7-13(15-8-12)14(18)19-2/h3-6,12-13,15H,7-8H2,1-2H3,(H,16,17). The zero-order chi connectivity index (χ0) is 14.5. The van der Waals surface area contributed by atoms with Crippen LogP contribution in [-0.2, 0) is 14.3 Å². The van der Waals surface area contributed by atoms with Crippen LogP contribution in [0.2, 0.25) is 0 Å². The van der Waals surface area contributed by atoms with Crippen LogP contribution in [0.5, 0.6) is 5.75 Å². The Morgan fingerprint density at radius 3 is 2.90 bits per heavy atom. The Hall–Kier alpha value is -2.08. The number of esters is 1. The molecule has 1 aliphatic heterocycles. The molecule has 0 bridgehead atoms. The van der Waals surface area contributed by atoms with Crippen LogP contribution in [0.25, 0.3) is 0 Å². The Kier molecular flexibility index (Phi) is 4.57. The van der Waals surface area contributed by atoms with E-state index in [2.05, 4.69) is 10.6 Å². The molecule has 20 heavy (non-hydrogen) atoms. The van der Waals surface area contributed by atoms with Crippen LogP contribution in [0.3, 0.4) is 0 Å². The highest BCUT2D eigenvalue weighted by Crippen LogP contribution is 2.21. The predicted molar refractivity (Wildman–Crippen MR) is 73.6 cm³/mol. The van der Waals surface area contributed by atoms with Crippen LogP contribution in [-0.4, -0.2) is 37.7 Å². The van der Waals surface area contributed by atoms with Crippen molar-refractivity contribution in [2.24, 2.45) is 0 Å². The van der Waals surface area contributed by atoms with Crippen LogP contribution in [0.1, 0.15) is 13.3 Å². The van der Waals surface area contributed by atoms with Crippen molar-refractivity contribution in [3.05, 3.63) is 24.3 Å². The van der Waals surface area contributed by atoms with E-state index < -0.39 is 0 Å². The molecule has 2 unspecified atom stereocenters. The van der Waals surface area contributed by atoms with Gasteiger partial charge in [0.1, 0.15) is 17.9 Å². The molecule has 6 heteroatoms. The van der Waals surface area contributed by atoms with Gasteiger partial charge in [0, 0.05) is 31.6 Å². The van der Waals surface area contributed by atoms with Gasteiger partial charge in [-0.3, -0.25) is 9.59 Å². The minimum atomic E-state index is -0.316. The number of hydrogen-bond donors (Lipinski definition) is 2. The quantitative estimate of drug-likeness (QED) is 0.801.